The lowest BCUT2D eigenvalue weighted by molar-refractivity contribution is 0.0157. The molecule has 110 valence electrons. The lowest BCUT2D eigenvalue weighted by atomic mass is 10.1. The maximum Gasteiger partial charge on any atom is 0.361 e. The van der Waals surface area contributed by atoms with Gasteiger partial charge in [0.2, 0.25) is 0 Å². The molecule has 0 bridgehead atoms. The van der Waals surface area contributed by atoms with Crippen LogP contribution in [-0.2, 0) is 9.47 Å². The molecule has 5 nitrogen and oxygen atoms in total. The van der Waals surface area contributed by atoms with Crippen molar-refractivity contribution >= 4 is 17.6 Å². The van der Waals surface area contributed by atoms with Gasteiger partial charge in [0.05, 0.1) is 11.1 Å². The smallest absolute Gasteiger partial charge is 0.361 e. The monoisotopic (exact) mass is 307 g/mol. The van der Waals surface area contributed by atoms with Crippen LogP contribution in [0.15, 0.2) is 35.1 Å². The van der Waals surface area contributed by atoms with Gasteiger partial charge in [-0.25, -0.2) is 9.78 Å². The zero-order valence-corrected chi connectivity index (χ0v) is 12.0. The van der Waals surface area contributed by atoms with Gasteiger partial charge in [-0.1, -0.05) is 23.7 Å². The molecule has 1 atom stereocenters. The number of carbonyl (C=O) groups is 1. The second kappa shape index (κ2) is 6.28. The van der Waals surface area contributed by atoms with E-state index in [4.69, 9.17) is 25.5 Å². The van der Waals surface area contributed by atoms with E-state index < -0.39 is 5.97 Å². The molecule has 0 radical (unpaired) electrons. The summed E-state index contributed by atoms with van der Waals surface area (Å²) in [4.78, 5) is 16.1. The summed E-state index contributed by atoms with van der Waals surface area (Å²) in [5.41, 5.74) is 0.738. The first-order valence-electron chi connectivity index (χ1n) is 6.73. The Balaban J connectivity index is 1.75. The predicted molar refractivity (Wildman–Crippen MR) is 76.2 cm³/mol. The van der Waals surface area contributed by atoms with Crippen LogP contribution in [0.4, 0.5) is 0 Å². The van der Waals surface area contributed by atoms with E-state index in [1.807, 2.05) is 6.07 Å². The summed E-state index contributed by atoms with van der Waals surface area (Å²) in [6.45, 7) is 0.949. The van der Waals surface area contributed by atoms with E-state index in [1.54, 1.807) is 18.2 Å². The van der Waals surface area contributed by atoms with E-state index >= 15 is 0 Å². The van der Waals surface area contributed by atoms with Crippen molar-refractivity contribution in [2.45, 2.75) is 18.9 Å². The summed E-state index contributed by atoms with van der Waals surface area (Å²) in [6.07, 6.45) is 3.09. The summed E-state index contributed by atoms with van der Waals surface area (Å²) in [7, 11) is 0. The van der Waals surface area contributed by atoms with E-state index in [2.05, 4.69) is 4.98 Å². The Bertz CT molecular complexity index is 634. The molecule has 0 unspecified atom stereocenters. The van der Waals surface area contributed by atoms with E-state index in [-0.39, 0.29) is 18.4 Å². The molecule has 3 rings (SSSR count). The van der Waals surface area contributed by atoms with Crippen molar-refractivity contribution in [2.24, 2.45) is 0 Å². The van der Waals surface area contributed by atoms with Crippen LogP contribution < -0.4 is 0 Å². The molecule has 1 aromatic heterocycles. The molecule has 1 aromatic carbocycles. The van der Waals surface area contributed by atoms with Crippen molar-refractivity contribution in [1.29, 1.82) is 0 Å². The van der Waals surface area contributed by atoms with Crippen LogP contribution in [0.5, 0.6) is 0 Å². The van der Waals surface area contributed by atoms with Gasteiger partial charge in [-0.15, -0.1) is 0 Å². The molecule has 0 spiro atoms. The minimum atomic E-state index is -0.533. The van der Waals surface area contributed by atoms with E-state index in [9.17, 15) is 4.79 Å². The molecule has 0 N–H and O–H groups in total. The summed E-state index contributed by atoms with van der Waals surface area (Å²) < 4.78 is 16.0. The molecule has 1 aliphatic rings. The first kappa shape index (κ1) is 14.1. The zero-order chi connectivity index (χ0) is 14.7. The highest BCUT2D eigenvalue weighted by Crippen LogP contribution is 2.30. The standard InChI is InChI=1S/C15H14ClNO4/c16-12-6-2-1-5-11(12)14-13(17-9-21-14)15(18)20-8-10-4-3-7-19-10/h1-2,5-6,9-10H,3-4,7-8H2/t10-/m1/s1. The number of nitrogens with zero attached hydrogens (tertiary/aromatic N) is 1. The third kappa shape index (κ3) is 3.09. The van der Waals surface area contributed by atoms with Crippen molar-refractivity contribution in [3.63, 3.8) is 0 Å². The van der Waals surface area contributed by atoms with E-state index in [0.717, 1.165) is 19.4 Å². The van der Waals surface area contributed by atoms with Crippen LogP contribution in [0, 0.1) is 0 Å². The minimum absolute atomic E-state index is 0.0235. The molecule has 21 heavy (non-hydrogen) atoms. The number of esters is 1. The predicted octanol–water partition coefficient (Wildman–Crippen LogP) is 3.33. The second-order valence-corrected chi connectivity index (χ2v) is 5.15. The highest BCUT2D eigenvalue weighted by Gasteiger charge is 2.23. The molecule has 0 amide bonds. The molecule has 0 saturated carbocycles. The number of oxazole rings is 1. The molecular weight excluding hydrogens is 294 g/mol. The third-order valence-corrected chi connectivity index (χ3v) is 3.63. The Morgan fingerprint density at radius 2 is 2.29 bits per heavy atom. The quantitative estimate of drug-likeness (QED) is 0.811. The van der Waals surface area contributed by atoms with Crippen molar-refractivity contribution in [1.82, 2.24) is 4.98 Å². The molecule has 0 aliphatic carbocycles. The zero-order valence-electron chi connectivity index (χ0n) is 11.3. The average Bonchev–Trinajstić information content (AvgIpc) is 3.16. The van der Waals surface area contributed by atoms with Crippen molar-refractivity contribution in [2.75, 3.05) is 13.2 Å². The number of carbonyl (C=O) groups excluding carboxylic acids is 1. The van der Waals surface area contributed by atoms with Gasteiger partial charge >= 0.3 is 5.97 Å². The van der Waals surface area contributed by atoms with Crippen LogP contribution in [0.3, 0.4) is 0 Å². The SMILES string of the molecule is O=C(OC[C@H]1CCCO1)c1ncoc1-c1ccccc1Cl. The number of benzene rings is 1. The summed E-state index contributed by atoms with van der Waals surface area (Å²) in [5.74, 6) is -0.216. The molecule has 1 aliphatic heterocycles. The lowest BCUT2D eigenvalue weighted by Gasteiger charge is -2.09. The van der Waals surface area contributed by atoms with Gasteiger partial charge in [0.25, 0.3) is 0 Å². The largest absolute Gasteiger partial charge is 0.458 e. The fourth-order valence-electron chi connectivity index (χ4n) is 2.24. The van der Waals surface area contributed by atoms with Crippen LogP contribution in [0.25, 0.3) is 11.3 Å². The van der Waals surface area contributed by atoms with Gasteiger partial charge in [0.1, 0.15) is 6.61 Å². The number of hydrogen-bond donors (Lipinski definition) is 0. The number of hydrogen-bond acceptors (Lipinski definition) is 5. The number of rotatable bonds is 4. The molecule has 2 aromatic rings. The Hall–Kier alpha value is -1.85. The van der Waals surface area contributed by atoms with Crippen LogP contribution in [0.2, 0.25) is 5.02 Å². The topological polar surface area (TPSA) is 61.6 Å². The fraction of sp³-hybridized carbons (Fsp3) is 0.333. The van der Waals surface area contributed by atoms with E-state index in [1.165, 1.54) is 6.39 Å². The maximum absolute atomic E-state index is 12.1. The molecular formula is C15H14ClNO4. The van der Waals surface area contributed by atoms with Gasteiger partial charge in [-0.2, -0.15) is 0 Å². The van der Waals surface area contributed by atoms with E-state index in [0.29, 0.717) is 16.3 Å². The van der Waals surface area contributed by atoms with Gasteiger partial charge in [-0.05, 0) is 25.0 Å². The second-order valence-electron chi connectivity index (χ2n) is 4.74. The number of ether oxygens (including phenoxy) is 2. The Morgan fingerprint density at radius 1 is 1.43 bits per heavy atom. The fourth-order valence-corrected chi connectivity index (χ4v) is 2.46. The first-order valence-corrected chi connectivity index (χ1v) is 7.10. The number of aromatic nitrogens is 1. The highest BCUT2D eigenvalue weighted by atomic mass is 35.5. The van der Waals surface area contributed by atoms with Crippen LogP contribution in [-0.4, -0.2) is 30.3 Å². The number of halogens is 1. The van der Waals surface area contributed by atoms with Gasteiger partial charge < -0.3 is 13.9 Å². The maximum atomic E-state index is 12.1. The van der Waals surface area contributed by atoms with Crippen molar-refractivity contribution in [3.8, 4) is 11.3 Å². The first-order chi connectivity index (χ1) is 10.3. The Morgan fingerprint density at radius 3 is 3.05 bits per heavy atom. The van der Waals surface area contributed by atoms with Crippen molar-refractivity contribution in [3.05, 3.63) is 41.4 Å². The summed E-state index contributed by atoms with van der Waals surface area (Å²) in [5, 5.41) is 0.488. The lowest BCUT2D eigenvalue weighted by Crippen LogP contribution is -2.18. The molecule has 6 heteroatoms. The van der Waals surface area contributed by atoms with Crippen LogP contribution >= 0.6 is 11.6 Å². The minimum Gasteiger partial charge on any atom is -0.458 e. The third-order valence-electron chi connectivity index (χ3n) is 3.30. The van der Waals surface area contributed by atoms with Gasteiger partial charge in [0.15, 0.2) is 17.8 Å². The summed E-state index contributed by atoms with van der Waals surface area (Å²) in [6, 6.07) is 7.10. The Kier molecular flexibility index (Phi) is 4.22. The van der Waals surface area contributed by atoms with Crippen LogP contribution in [0.1, 0.15) is 23.3 Å². The molecule has 1 fully saturated rings. The highest BCUT2D eigenvalue weighted by molar-refractivity contribution is 6.33. The Labute approximate surface area is 126 Å². The molecule has 1 saturated heterocycles. The van der Waals surface area contributed by atoms with Gasteiger partial charge in [0, 0.05) is 12.2 Å². The molecule has 2 heterocycles. The summed E-state index contributed by atoms with van der Waals surface area (Å²) >= 11 is 6.11. The normalized spacial score (nSPS) is 17.9. The van der Waals surface area contributed by atoms with Gasteiger partial charge in [-0.3, -0.25) is 0 Å². The van der Waals surface area contributed by atoms with Crippen molar-refractivity contribution < 1.29 is 18.7 Å². The average molecular weight is 308 g/mol.